The Kier molecular flexibility index (Phi) is 5.18. The predicted octanol–water partition coefficient (Wildman–Crippen LogP) is 2.08. The molecule has 106 valence electrons. The van der Waals surface area contributed by atoms with E-state index in [9.17, 15) is 0 Å². The molecule has 0 aromatic carbocycles. The minimum atomic E-state index is 0.428. The Hall–Kier alpha value is -1.59. The first kappa shape index (κ1) is 13.8. The number of ether oxygens (including phenoxy) is 1. The molecule has 19 heavy (non-hydrogen) atoms. The molecule has 0 aliphatic carbocycles. The zero-order valence-electron chi connectivity index (χ0n) is 11.9. The van der Waals surface area contributed by atoms with Gasteiger partial charge in [-0.15, -0.1) is 0 Å². The van der Waals surface area contributed by atoms with Gasteiger partial charge in [0.25, 0.3) is 0 Å². The van der Waals surface area contributed by atoms with Gasteiger partial charge >= 0.3 is 6.01 Å². The molecule has 0 saturated carbocycles. The largest absolute Gasteiger partial charge is 0.463 e. The first-order valence-electron chi connectivity index (χ1n) is 7.15. The zero-order valence-corrected chi connectivity index (χ0v) is 11.9. The minimum absolute atomic E-state index is 0.428. The molecule has 1 N–H and O–H groups in total. The predicted molar refractivity (Wildman–Crippen MR) is 75.8 cm³/mol. The summed E-state index contributed by atoms with van der Waals surface area (Å²) in [6.45, 7) is 4.87. The van der Waals surface area contributed by atoms with Crippen LogP contribution in [0.15, 0.2) is 0 Å². The van der Waals surface area contributed by atoms with Crippen molar-refractivity contribution in [3.63, 3.8) is 0 Å². The fraction of sp³-hybridized carbons (Fsp3) is 0.769. The molecule has 1 saturated heterocycles. The molecule has 6 nitrogen and oxygen atoms in total. The molecule has 0 amide bonds. The monoisotopic (exact) mass is 265 g/mol. The van der Waals surface area contributed by atoms with E-state index in [4.69, 9.17) is 4.74 Å². The molecule has 1 fully saturated rings. The van der Waals surface area contributed by atoms with Crippen molar-refractivity contribution in [1.82, 2.24) is 15.0 Å². The molecule has 1 aliphatic rings. The topological polar surface area (TPSA) is 63.2 Å². The summed E-state index contributed by atoms with van der Waals surface area (Å²) in [5.41, 5.74) is 0. The van der Waals surface area contributed by atoms with E-state index < -0.39 is 0 Å². The van der Waals surface area contributed by atoms with Crippen molar-refractivity contribution in [2.45, 2.75) is 39.0 Å². The van der Waals surface area contributed by atoms with Crippen molar-refractivity contribution in [1.29, 1.82) is 0 Å². The molecule has 0 bridgehead atoms. The molecule has 6 heteroatoms. The van der Waals surface area contributed by atoms with Gasteiger partial charge in [-0.05, 0) is 19.3 Å². The van der Waals surface area contributed by atoms with Crippen LogP contribution < -0.4 is 15.0 Å². The average molecular weight is 265 g/mol. The molecular weight excluding hydrogens is 242 g/mol. The molecule has 1 aromatic rings. The lowest BCUT2D eigenvalue weighted by Crippen LogP contribution is -2.21. The molecule has 2 rings (SSSR count). The Morgan fingerprint density at radius 1 is 1.16 bits per heavy atom. The van der Waals surface area contributed by atoms with E-state index in [1.54, 1.807) is 0 Å². The van der Waals surface area contributed by atoms with E-state index in [0.717, 1.165) is 25.5 Å². The fourth-order valence-electron chi connectivity index (χ4n) is 2.10. The van der Waals surface area contributed by atoms with Gasteiger partial charge in [-0.1, -0.05) is 19.8 Å². The Morgan fingerprint density at radius 3 is 2.63 bits per heavy atom. The number of aromatic nitrogens is 3. The summed E-state index contributed by atoms with van der Waals surface area (Å²) in [7, 11) is 1.81. The van der Waals surface area contributed by atoms with Crippen molar-refractivity contribution in [3.05, 3.63) is 0 Å². The summed E-state index contributed by atoms with van der Waals surface area (Å²) in [5.74, 6) is 1.30. The lowest BCUT2D eigenvalue weighted by Gasteiger charge is -2.16. The quantitative estimate of drug-likeness (QED) is 0.762. The number of anilines is 2. The molecule has 2 heterocycles. The van der Waals surface area contributed by atoms with Crippen LogP contribution in [0.25, 0.3) is 0 Å². The lowest BCUT2D eigenvalue weighted by atomic mass is 10.3. The SMILES string of the molecule is CCCCCOc1nc(NC)nc(N2CCCC2)n1. The number of hydrogen-bond acceptors (Lipinski definition) is 6. The molecule has 0 spiro atoms. The van der Waals surface area contributed by atoms with Crippen LogP contribution in [0.2, 0.25) is 0 Å². The van der Waals surface area contributed by atoms with Gasteiger partial charge in [0.2, 0.25) is 11.9 Å². The number of hydrogen-bond donors (Lipinski definition) is 1. The number of nitrogens with one attached hydrogen (secondary N) is 1. The zero-order chi connectivity index (χ0) is 13.5. The Bertz CT molecular complexity index is 393. The summed E-state index contributed by atoms with van der Waals surface area (Å²) >= 11 is 0. The van der Waals surface area contributed by atoms with E-state index >= 15 is 0 Å². The first-order valence-corrected chi connectivity index (χ1v) is 7.15. The normalized spacial score (nSPS) is 14.7. The van der Waals surface area contributed by atoms with E-state index in [1.807, 2.05) is 7.05 Å². The van der Waals surface area contributed by atoms with Gasteiger partial charge < -0.3 is 15.0 Å². The highest BCUT2D eigenvalue weighted by molar-refractivity contribution is 5.38. The van der Waals surface area contributed by atoms with Crippen LogP contribution in [0, 0.1) is 0 Å². The summed E-state index contributed by atoms with van der Waals surface area (Å²) in [6.07, 6.45) is 5.79. The number of nitrogens with zero attached hydrogens (tertiary/aromatic N) is 4. The van der Waals surface area contributed by atoms with Crippen LogP contribution in [0.4, 0.5) is 11.9 Å². The second kappa shape index (κ2) is 7.11. The molecule has 1 aromatic heterocycles. The van der Waals surface area contributed by atoms with Gasteiger partial charge in [-0.3, -0.25) is 0 Å². The average Bonchev–Trinajstić information content (AvgIpc) is 2.97. The third-order valence-electron chi connectivity index (χ3n) is 3.19. The van der Waals surface area contributed by atoms with Gasteiger partial charge in [0.05, 0.1) is 6.61 Å². The van der Waals surface area contributed by atoms with Crippen LogP contribution in [-0.4, -0.2) is 41.7 Å². The van der Waals surface area contributed by atoms with Crippen LogP contribution >= 0.6 is 0 Å². The summed E-state index contributed by atoms with van der Waals surface area (Å²) in [6, 6.07) is 0.428. The Morgan fingerprint density at radius 2 is 1.95 bits per heavy atom. The third kappa shape index (κ3) is 3.94. The van der Waals surface area contributed by atoms with Crippen LogP contribution in [-0.2, 0) is 0 Å². The number of unbranched alkanes of at least 4 members (excludes halogenated alkanes) is 2. The van der Waals surface area contributed by atoms with Crippen LogP contribution in [0.3, 0.4) is 0 Å². The standard InChI is InChI=1S/C13H23N5O/c1-3-4-7-10-19-13-16-11(14-2)15-12(17-13)18-8-5-6-9-18/h3-10H2,1-2H3,(H,14,15,16,17). The summed E-state index contributed by atoms with van der Waals surface area (Å²) in [5, 5.41) is 2.96. The number of rotatable bonds is 7. The van der Waals surface area contributed by atoms with E-state index in [0.29, 0.717) is 18.6 Å². The molecule has 0 unspecified atom stereocenters. The maximum atomic E-state index is 5.62. The van der Waals surface area contributed by atoms with E-state index in [1.165, 1.54) is 25.7 Å². The fourth-order valence-corrected chi connectivity index (χ4v) is 2.10. The highest BCUT2D eigenvalue weighted by Gasteiger charge is 2.17. The molecule has 0 radical (unpaired) electrons. The lowest BCUT2D eigenvalue weighted by molar-refractivity contribution is 0.282. The van der Waals surface area contributed by atoms with Gasteiger partial charge in [0.15, 0.2) is 0 Å². The maximum Gasteiger partial charge on any atom is 0.323 e. The van der Waals surface area contributed by atoms with Crippen molar-refractivity contribution in [2.24, 2.45) is 0 Å². The maximum absolute atomic E-state index is 5.62. The minimum Gasteiger partial charge on any atom is -0.463 e. The van der Waals surface area contributed by atoms with Crippen molar-refractivity contribution >= 4 is 11.9 Å². The highest BCUT2D eigenvalue weighted by atomic mass is 16.5. The van der Waals surface area contributed by atoms with Gasteiger partial charge in [0.1, 0.15) is 0 Å². The second-order valence-electron chi connectivity index (χ2n) is 4.74. The summed E-state index contributed by atoms with van der Waals surface area (Å²) in [4.78, 5) is 15.2. The van der Waals surface area contributed by atoms with Crippen molar-refractivity contribution in [3.8, 4) is 6.01 Å². The van der Waals surface area contributed by atoms with Crippen LogP contribution in [0.1, 0.15) is 39.0 Å². The first-order chi connectivity index (χ1) is 9.33. The Labute approximate surface area is 114 Å². The molecular formula is C13H23N5O. The smallest absolute Gasteiger partial charge is 0.323 e. The second-order valence-corrected chi connectivity index (χ2v) is 4.74. The van der Waals surface area contributed by atoms with Gasteiger partial charge in [0, 0.05) is 20.1 Å². The van der Waals surface area contributed by atoms with Crippen molar-refractivity contribution < 1.29 is 4.74 Å². The molecule has 1 aliphatic heterocycles. The van der Waals surface area contributed by atoms with E-state index in [-0.39, 0.29) is 0 Å². The third-order valence-corrected chi connectivity index (χ3v) is 3.19. The van der Waals surface area contributed by atoms with Crippen LogP contribution in [0.5, 0.6) is 6.01 Å². The van der Waals surface area contributed by atoms with Gasteiger partial charge in [-0.25, -0.2) is 0 Å². The van der Waals surface area contributed by atoms with Crippen molar-refractivity contribution in [2.75, 3.05) is 37.0 Å². The highest BCUT2D eigenvalue weighted by Crippen LogP contribution is 2.19. The summed E-state index contributed by atoms with van der Waals surface area (Å²) < 4.78 is 5.62. The molecule has 0 atom stereocenters. The Balaban J connectivity index is 2.02. The van der Waals surface area contributed by atoms with E-state index in [2.05, 4.69) is 32.1 Å². The van der Waals surface area contributed by atoms with Gasteiger partial charge in [-0.2, -0.15) is 15.0 Å².